The molecular weight excluding hydrogens is 226 g/mol. The monoisotopic (exact) mass is 243 g/mol. The molecule has 0 N–H and O–H groups in total. The van der Waals surface area contributed by atoms with Gasteiger partial charge in [0.2, 0.25) is 0 Å². The van der Waals surface area contributed by atoms with Gasteiger partial charge in [-0.25, -0.2) is 0 Å². The molecule has 0 atom stereocenters. The van der Waals surface area contributed by atoms with Crippen LogP contribution in [0.15, 0.2) is 46.8 Å². The van der Waals surface area contributed by atoms with Crippen molar-refractivity contribution in [1.82, 2.24) is 0 Å². The van der Waals surface area contributed by atoms with E-state index in [9.17, 15) is 0 Å². The summed E-state index contributed by atoms with van der Waals surface area (Å²) in [6.07, 6.45) is 7.04. The molecule has 0 fully saturated rings. The molecule has 0 radical (unpaired) electrons. The van der Waals surface area contributed by atoms with Crippen LogP contribution in [0.5, 0.6) is 0 Å². The average molecular weight is 243 g/mol. The predicted molar refractivity (Wildman–Crippen MR) is 75.0 cm³/mol. The summed E-state index contributed by atoms with van der Waals surface area (Å²) in [6.45, 7) is 5.87. The molecular formula is C14H17N3O. The van der Waals surface area contributed by atoms with E-state index in [0.29, 0.717) is 0 Å². The minimum atomic E-state index is -0.290. The summed E-state index contributed by atoms with van der Waals surface area (Å²) in [5, 5.41) is 4.00. The Morgan fingerprint density at radius 3 is 2.83 bits per heavy atom. The Bertz CT molecular complexity index is 498. The van der Waals surface area contributed by atoms with Gasteiger partial charge in [-0.1, -0.05) is 23.4 Å². The van der Waals surface area contributed by atoms with Crippen LogP contribution >= 0.6 is 0 Å². The van der Waals surface area contributed by atoms with E-state index in [1.165, 1.54) is 0 Å². The van der Waals surface area contributed by atoms with Gasteiger partial charge in [0.05, 0.1) is 5.69 Å². The first-order valence-corrected chi connectivity index (χ1v) is 5.85. The lowest BCUT2D eigenvalue weighted by atomic mass is 10.2. The second-order valence-electron chi connectivity index (χ2n) is 4.97. The molecule has 0 unspecified atom stereocenters. The molecule has 0 aromatic heterocycles. The number of oxime groups is 1. The van der Waals surface area contributed by atoms with Crippen molar-refractivity contribution >= 4 is 18.2 Å². The fourth-order valence-electron chi connectivity index (χ4n) is 1.48. The van der Waals surface area contributed by atoms with Gasteiger partial charge in [-0.3, -0.25) is 4.99 Å². The first-order chi connectivity index (χ1) is 8.56. The number of hydrogen-bond acceptors (Lipinski definition) is 3. The number of hydrogen-bond donors (Lipinski definition) is 0. The normalized spacial score (nSPS) is 14.7. The fraction of sp³-hybridized carbons (Fsp3) is 0.286. The Hall–Kier alpha value is -2.10. The van der Waals surface area contributed by atoms with E-state index < -0.39 is 0 Å². The maximum atomic E-state index is 5.34. The van der Waals surface area contributed by atoms with E-state index in [1.54, 1.807) is 12.5 Å². The third-order valence-corrected chi connectivity index (χ3v) is 2.24. The largest absolute Gasteiger partial charge is 0.389 e. The summed E-state index contributed by atoms with van der Waals surface area (Å²) in [5.41, 5.74) is 1.78. The highest BCUT2D eigenvalue weighted by Crippen LogP contribution is 2.20. The Labute approximate surface area is 107 Å². The molecule has 0 aliphatic carbocycles. The summed E-state index contributed by atoms with van der Waals surface area (Å²) in [7, 11) is 0. The molecule has 0 bridgehead atoms. The number of benzene rings is 1. The lowest BCUT2D eigenvalue weighted by Crippen LogP contribution is -2.19. The second-order valence-corrected chi connectivity index (χ2v) is 4.97. The molecule has 4 nitrogen and oxygen atoms in total. The number of fused-ring (bicyclic) bond motifs is 1. The molecule has 18 heavy (non-hydrogen) atoms. The molecule has 2 rings (SSSR count). The second kappa shape index (κ2) is 5.04. The van der Waals surface area contributed by atoms with Crippen LogP contribution in [0.25, 0.3) is 0 Å². The van der Waals surface area contributed by atoms with E-state index in [4.69, 9.17) is 4.84 Å². The molecule has 0 saturated carbocycles. The van der Waals surface area contributed by atoms with Crippen LogP contribution in [0.1, 0.15) is 26.3 Å². The minimum absolute atomic E-state index is 0.290. The van der Waals surface area contributed by atoms with E-state index in [-0.39, 0.29) is 5.60 Å². The number of anilines is 1. The van der Waals surface area contributed by atoms with Crippen molar-refractivity contribution < 1.29 is 4.84 Å². The number of nitrogens with zero attached hydrogens (tertiary/aromatic N) is 3. The molecule has 1 aliphatic rings. The van der Waals surface area contributed by atoms with Crippen LogP contribution < -0.4 is 4.90 Å². The SMILES string of the molecule is CC(C)(C)ON=CN1C=CN=Cc2ccccc21. The van der Waals surface area contributed by atoms with Crippen molar-refractivity contribution in [3.8, 4) is 0 Å². The van der Waals surface area contributed by atoms with Crippen molar-refractivity contribution in [1.29, 1.82) is 0 Å². The van der Waals surface area contributed by atoms with Crippen molar-refractivity contribution in [2.24, 2.45) is 10.1 Å². The van der Waals surface area contributed by atoms with Crippen LogP contribution in [0.3, 0.4) is 0 Å². The molecule has 1 aliphatic heterocycles. The molecule has 0 saturated heterocycles. The summed E-state index contributed by atoms with van der Waals surface area (Å²) in [6, 6.07) is 7.99. The first-order valence-electron chi connectivity index (χ1n) is 5.85. The summed E-state index contributed by atoms with van der Waals surface area (Å²) >= 11 is 0. The van der Waals surface area contributed by atoms with E-state index in [2.05, 4.69) is 10.1 Å². The van der Waals surface area contributed by atoms with E-state index >= 15 is 0 Å². The maximum Gasteiger partial charge on any atom is 0.139 e. The van der Waals surface area contributed by atoms with Gasteiger partial charge in [-0.2, -0.15) is 0 Å². The zero-order valence-electron chi connectivity index (χ0n) is 10.9. The average Bonchev–Trinajstić information content (AvgIpc) is 2.51. The Morgan fingerprint density at radius 1 is 1.28 bits per heavy atom. The molecule has 1 aromatic carbocycles. The van der Waals surface area contributed by atoms with E-state index in [0.717, 1.165) is 11.3 Å². The smallest absolute Gasteiger partial charge is 0.139 e. The summed E-state index contributed by atoms with van der Waals surface area (Å²) in [4.78, 5) is 11.4. The molecule has 4 heteroatoms. The minimum Gasteiger partial charge on any atom is -0.389 e. The lowest BCUT2D eigenvalue weighted by molar-refractivity contribution is 0.00170. The molecule has 0 spiro atoms. The van der Waals surface area contributed by atoms with Crippen LogP contribution in [0.2, 0.25) is 0 Å². The van der Waals surface area contributed by atoms with Crippen molar-refractivity contribution in [2.75, 3.05) is 4.90 Å². The van der Waals surface area contributed by atoms with Crippen LogP contribution in [0.4, 0.5) is 5.69 Å². The van der Waals surface area contributed by atoms with Gasteiger partial charge in [0, 0.05) is 24.2 Å². The van der Waals surface area contributed by atoms with Gasteiger partial charge in [0.15, 0.2) is 0 Å². The van der Waals surface area contributed by atoms with Gasteiger partial charge in [-0.05, 0) is 26.8 Å². The quantitative estimate of drug-likeness (QED) is 0.454. The molecule has 0 amide bonds. The summed E-state index contributed by atoms with van der Waals surface area (Å²) < 4.78 is 0. The summed E-state index contributed by atoms with van der Waals surface area (Å²) in [5.74, 6) is 0. The van der Waals surface area contributed by atoms with Gasteiger partial charge in [-0.15, -0.1) is 0 Å². The zero-order valence-corrected chi connectivity index (χ0v) is 10.9. The highest BCUT2D eigenvalue weighted by atomic mass is 16.6. The van der Waals surface area contributed by atoms with Crippen LogP contribution in [-0.2, 0) is 4.84 Å². The molecule has 1 heterocycles. The highest BCUT2D eigenvalue weighted by Gasteiger charge is 2.11. The Balaban J connectivity index is 2.20. The molecule has 1 aromatic rings. The number of rotatable bonds is 2. The maximum absolute atomic E-state index is 5.34. The van der Waals surface area contributed by atoms with Crippen LogP contribution in [0, 0.1) is 0 Å². The Kier molecular flexibility index (Phi) is 3.46. The number of aliphatic imine (C=N–C) groups is 1. The Morgan fingerprint density at radius 2 is 2.06 bits per heavy atom. The lowest BCUT2D eigenvalue weighted by Gasteiger charge is -2.18. The third-order valence-electron chi connectivity index (χ3n) is 2.24. The van der Waals surface area contributed by atoms with Crippen molar-refractivity contribution in [3.05, 3.63) is 42.2 Å². The van der Waals surface area contributed by atoms with Gasteiger partial charge in [0.1, 0.15) is 11.9 Å². The third kappa shape index (κ3) is 3.20. The zero-order chi connectivity index (χ0) is 13.0. The first kappa shape index (κ1) is 12.4. The van der Waals surface area contributed by atoms with Crippen molar-refractivity contribution in [3.63, 3.8) is 0 Å². The van der Waals surface area contributed by atoms with Crippen LogP contribution in [-0.4, -0.2) is 18.2 Å². The van der Waals surface area contributed by atoms with E-state index in [1.807, 2.05) is 62.4 Å². The van der Waals surface area contributed by atoms with Gasteiger partial charge in [0.25, 0.3) is 0 Å². The van der Waals surface area contributed by atoms with Gasteiger partial charge < -0.3 is 9.74 Å². The van der Waals surface area contributed by atoms with Crippen molar-refractivity contribution in [2.45, 2.75) is 26.4 Å². The fourth-order valence-corrected chi connectivity index (χ4v) is 1.48. The van der Waals surface area contributed by atoms with Gasteiger partial charge >= 0.3 is 0 Å². The highest BCUT2D eigenvalue weighted by molar-refractivity contribution is 5.95. The standard InChI is InChI=1S/C14H17N3O/c1-14(2,3)18-16-11-17-9-8-15-10-12-6-4-5-7-13(12)17/h4-11H,1-3H3. The molecule has 94 valence electrons. The number of para-hydroxylation sites is 1. The topological polar surface area (TPSA) is 37.2 Å². The predicted octanol–water partition coefficient (Wildman–Crippen LogP) is 3.16.